The predicted octanol–water partition coefficient (Wildman–Crippen LogP) is 5.40. The summed E-state index contributed by atoms with van der Waals surface area (Å²) < 4.78 is 45.6. The first-order chi connectivity index (χ1) is 17.3. The van der Waals surface area contributed by atoms with Crippen molar-refractivity contribution >= 4 is 29.5 Å². The molecule has 1 unspecified atom stereocenters. The number of carbonyl (C=O) groups excluding carboxylic acids is 1. The van der Waals surface area contributed by atoms with Crippen LogP contribution in [0.15, 0.2) is 65.2 Å². The van der Waals surface area contributed by atoms with Crippen molar-refractivity contribution in [3.63, 3.8) is 0 Å². The fourth-order valence-electron chi connectivity index (χ4n) is 4.85. The van der Waals surface area contributed by atoms with Crippen LogP contribution in [-0.2, 0) is 10.9 Å². The van der Waals surface area contributed by atoms with Gasteiger partial charge in [-0.25, -0.2) is 4.79 Å². The zero-order valence-electron chi connectivity index (χ0n) is 19.5. The van der Waals surface area contributed by atoms with E-state index in [-0.39, 0.29) is 18.7 Å². The number of hydrogen-bond donors (Lipinski definition) is 0. The molecule has 2 saturated heterocycles. The van der Waals surface area contributed by atoms with E-state index in [4.69, 9.17) is 21.3 Å². The molecule has 0 radical (unpaired) electrons. The van der Waals surface area contributed by atoms with Gasteiger partial charge in [-0.1, -0.05) is 29.8 Å². The van der Waals surface area contributed by atoms with Gasteiger partial charge in [-0.05, 0) is 47.5 Å². The molecule has 0 aliphatic carbocycles. The highest BCUT2D eigenvalue weighted by Crippen LogP contribution is 2.38. The van der Waals surface area contributed by atoms with Crippen LogP contribution in [0.5, 0.6) is 0 Å². The maximum atomic E-state index is 13.5. The molecule has 2 atom stereocenters. The maximum Gasteiger partial charge on any atom is 0.416 e. The van der Waals surface area contributed by atoms with E-state index in [0.29, 0.717) is 36.0 Å². The highest BCUT2D eigenvalue weighted by Gasteiger charge is 2.40. The molecule has 2 fully saturated rings. The number of rotatable bonds is 5. The Morgan fingerprint density at radius 2 is 1.83 bits per heavy atom. The summed E-state index contributed by atoms with van der Waals surface area (Å²) in [7, 11) is 0. The molecule has 36 heavy (non-hydrogen) atoms. The molecule has 0 bridgehead atoms. The Balaban J connectivity index is 1.37. The fourth-order valence-corrected chi connectivity index (χ4v) is 4.98. The van der Waals surface area contributed by atoms with Crippen molar-refractivity contribution in [2.75, 3.05) is 44.3 Å². The second kappa shape index (κ2) is 10.2. The largest absolute Gasteiger partial charge is 0.416 e. The first-order valence-electron chi connectivity index (χ1n) is 11.8. The normalized spacial score (nSPS) is 23.3. The summed E-state index contributed by atoms with van der Waals surface area (Å²) in [6.45, 7) is 3.65. The average Bonchev–Trinajstić information content (AvgIpc) is 3.21. The summed E-state index contributed by atoms with van der Waals surface area (Å²) in [6.07, 6.45) is 0.233. The molecular weight excluding hydrogens is 493 g/mol. The summed E-state index contributed by atoms with van der Waals surface area (Å²) in [6, 6.07) is 11.1. The zero-order valence-corrected chi connectivity index (χ0v) is 20.3. The lowest BCUT2D eigenvalue weighted by Gasteiger charge is -2.33. The van der Waals surface area contributed by atoms with Crippen molar-refractivity contribution in [3.8, 4) is 0 Å². The number of halogens is 4. The number of dihydropyridines is 1. The summed E-state index contributed by atoms with van der Waals surface area (Å²) in [5, 5.41) is 0.510. The van der Waals surface area contributed by atoms with Gasteiger partial charge in [0.15, 0.2) is 0 Å². The molecule has 3 heterocycles. The third-order valence-corrected chi connectivity index (χ3v) is 6.98. The third-order valence-electron chi connectivity index (χ3n) is 6.73. The zero-order chi connectivity index (χ0) is 25.3. The van der Waals surface area contributed by atoms with Crippen LogP contribution in [0.4, 0.5) is 23.7 Å². The highest BCUT2D eigenvalue weighted by molar-refractivity contribution is 6.30. The van der Waals surface area contributed by atoms with Crippen LogP contribution >= 0.6 is 11.6 Å². The second-order valence-electron chi connectivity index (χ2n) is 9.07. The molecule has 2 amide bonds. The number of carbonyl (C=O) groups is 1. The molecule has 6 nitrogen and oxygen atoms in total. The van der Waals surface area contributed by atoms with Gasteiger partial charge in [-0.3, -0.25) is 14.8 Å². The summed E-state index contributed by atoms with van der Waals surface area (Å²) in [5.41, 5.74) is 1.18. The number of anilines is 1. The molecule has 3 aliphatic rings. The summed E-state index contributed by atoms with van der Waals surface area (Å²) in [5.74, 6) is 0. The van der Waals surface area contributed by atoms with Crippen LogP contribution in [0.2, 0.25) is 5.02 Å². The van der Waals surface area contributed by atoms with Gasteiger partial charge in [-0.15, -0.1) is 0 Å². The lowest BCUT2D eigenvalue weighted by Crippen LogP contribution is -2.43. The Morgan fingerprint density at radius 1 is 1.08 bits per heavy atom. The number of amides is 2. The van der Waals surface area contributed by atoms with Crippen LogP contribution in [0, 0.1) is 0 Å². The van der Waals surface area contributed by atoms with Crippen molar-refractivity contribution in [1.82, 2.24) is 9.80 Å². The predicted molar refractivity (Wildman–Crippen MR) is 132 cm³/mol. The van der Waals surface area contributed by atoms with E-state index in [9.17, 15) is 18.0 Å². The molecule has 2 aromatic rings. The second-order valence-corrected chi connectivity index (χ2v) is 9.51. The van der Waals surface area contributed by atoms with Crippen molar-refractivity contribution in [3.05, 3.63) is 76.3 Å². The number of urea groups is 1. The smallest absolute Gasteiger partial charge is 0.379 e. The Bertz CT molecular complexity index is 1160. The molecule has 2 aromatic carbocycles. The van der Waals surface area contributed by atoms with Crippen LogP contribution < -0.4 is 4.90 Å². The van der Waals surface area contributed by atoms with E-state index >= 15 is 0 Å². The molecular formula is C26H26ClF3N4O2. The van der Waals surface area contributed by atoms with Crippen LogP contribution in [-0.4, -0.2) is 67.6 Å². The van der Waals surface area contributed by atoms with E-state index in [1.807, 2.05) is 0 Å². The van der Waals surface area contributed by atoms with Crippen LogP contribution in [0.25, 0.3) is 0 Å². The van der Waals surface area contributed by atoms with Crippen molar-refractivity contribution in [2.24, 2.45) is 4.99 Å². The molecule has 3 aliphatic heterocycles. The Hall–Kier alpha value is -2.88. The van der Waals surface area contributed by atoms with E-state index in [2.05, 4.69) is 11.0 Å². The van der Waals surface area contributed by atoms with Crippen LogP contribution in [0.3, 0.4) is 0 Å². The first-order valence-corrected chi connectivity index (χ1v) is 12.2. The van der Waals surface area contributed by atoms with E-state index < -0.39 is 17.8 Å². The van der Waals surface area contributed by atoms with E-state index in [1.54, 1.807) is 46.3 Å². The van der Waals surface area contributed by atoms with Gasteiger partial charge < -0.3 is 9.64 Å². The number of ether oxygens (including phenoxy) is 1. The number of nitrogens with zero attached hydrogens (tertiary/aromatic N) is 4. The van der Waals surface area contributed by atoms with Gasteiger partial charge >= 0.3 is 12.2 Å². The molecule has 0 aromatic heterocycles. The maximum absolute atomic E-state index is 13.5. The molecule has 0 N–H and O–H groups in total. The van der Waals surface area contributed by atoms with E-state index in [0.717, 1.165) is 37.2 Å². The molecule has 0 saturated carbocycles. The van der Waals surface area contributed by atoms with E-state index in [1.165, 1.54) is 6.07 Å². The Morgan fingerprint density at radius 3 is 2.50 bits per heavy atom. The van der Waals surface area contributed by atoms with Crippen molar-refractivity contribution in [2.45, 2.75) is 24.8 Å². The first kappa shape index (κ1) is 24.8. The van der Waals surface area contributed by atoms with Gasteiger partial charge in [0.05, 0.1) is 24.8 Å². The van der Waals surface area contributed by atoms with Gasteiger partial charge in [0.1, 0.15) is 6.17 Å². The lowest BCUT2D eigenvalue weighted by molar-refractivity contribution is -0.137. The Kier molecular flexibility index (Phi) is 7.05. The number of hydrogen-bond acceptors (Lipinski definition) is 4. The molecule has 190 valence electrons. The van der Waals surface area contributed by atoms with Crippen LogP contribution in [0.1, 0.15) is 23.6 Å². The van der Waals surface area contributed by atoms with Gasteiger partial charge in [-0.2, -0.15) is 13.2 Å². The van der Waals surface area contributed by atoms with Gasteiger partial charge in [0, 0.05) is 49.5 Å². The fraction of sp³-hybridized carbons (Fsp3) is 0.385. The number of alkyl halides is 3. The highest BCUT2D eigenvalue weighted by atomic mass is 35.5. The monoisotopic (exact) mass is 518 g/mol. The summed E-state index contributed by atoms with van der Waals surface area (Å²) in [4.78, 5) is 23.7. The third kappa shape index (κ3) is 5.28. The molecule has 0 spiro atoms. The minimum atomic E-state index is -4.47. The number of benzene rings is 2. The SMILES string of the molecule is O=C1N(CC2=CCC(N3CCOCC3)N=C2)C[C@H](c2cccc(C(F)(F)F)c2)N1c1ccc(Cl)cc1. The van der Waals surface area contributed by atoms with Gasteiger partial charge in [0.2, 0.25) is 0 Å². The van der Waals surface area contributed by atoms with Crippen molar-refractivity contribution in [1.29, 1.82) is 0 Å². The number of aliphatic imine (C=N–C) groups is 1. The lowest BCUT2D eigenvalue weighted by atomic mass is 10.0. The van der Waals surface area contributed by atoms with Crippen molar-refractivity contribution < 1.29 is 22.7 Å². The minimum absolute atomic E-state index is 0.0651. The van der Waals surface area contributed by atoms with Gasteiger partial charge in [0.25, 0.3) is 0 Å². The molecule has 5 rings (SSSR count). The number of morpholine rings is 1. The summed E-state index contributed by atoms with van der Waals surface area (Å²) >= 11 is 6.03. The molecule has 10 heteroatoms. The Labute approximate surface area is 212 Å². The average molecular weight is 519 g/mol. The minimum Gasteiger partial charge on any atom is -0.379 e. The topological polar surface area (TPSA) is 48.4 Å². The quantitative estimate of drug-likeness (QED) is 0.532. The standard InChI is InChI=1S/C26H26ClF3N4O2/c27-21-5-7-22(8-6-21)34-23(19-2-1-3-20(14-19)26(28,29)30)17-33(25(34)35)16-18-4-9-24(31-15-18)32-10-12-36-13-11-32/h1-8,14-15,23-24H,9-13,16-17H2/t23-,24?/m1/s1.